The standard InChI is InChI=1S/C13H10BrF3N2S/c1-8-12(14)6-11(20-8)7-18-19-10-4-2-9(3-5-10)13(15,16)17/h2-7,19H,1H3/b18-7-. The second-order valence-corrected chi connectivity index (χ2v) is 6.14. The third-order valence-electron chi connectivity index (χ3n) is 2.47. The van der Waals surface area contributed by atoms with Gasteiger partial charge in [-0.2, -0.15) is 18.3 Å². The SMILES string of the molecule is Cc1sc(/C=N\Nc2ccc(C(F)(F)F)cc2)cc1Br. The Kier molecular flexibility index (Phi) is 4.49. The third kappa shape index (κ3) is 3.83. The number of nitrogens with one attached hydrogen (secondary N) is 1. The lowest BCUT2D eigenvalue weighted by molar-refractivity contribution is -0.137. The third-order valence-corrected chi connectivity index (χ3v) is 4.55. The van der Waals surface area contributed by atoms with Crippen LogP contribution in [0.3, 0.4) is 0 Å². The molecule has 7 heteroatoms. The van der Waals surface area contributed by atoms with Crippen molar-refractivity contribution in [1.29, 1.82) is 0 Å². The van der Waals surface area contributed by atoms with E-state index < -0.39 is 11.7 Å². The van der Waals surface area contributed by atoms with E-state index in [1.165, 1.54) is 12.1 Å². The zero-order valence-corrected chi connectivity index (χ0v) is 12.7. The number of anilines is 1. The number of aryl methyl sites for hydroxylation is 1. The van der Waals surface area contributed by atoms with Crippen molar-refractivity contribution in [3.8, 4) is 0 Å². The first-order valence-corrected chi connectivity index (χ1v) is 7.19. The molecule has 0 saturated carbocycles. The Hall–Kier alpha value is -1.34. The van der Waals surface area contributed by atoms with E-state index in [-0.39, 0.29) is 0 Å². The fourth-order valence-corrected chi connectivity index (χ4v) is 2.88. The zero-order chi connectivity index (χ0) is 14.8. The van der Waals surface area contributed by atoms with E-state index in [2.05, 4.69) is 26.5 Å². The van der Waals surface area contributed by atoms with Crippen molar-refractivity contribution in [3.63, 3.8) is 0 Å². The van der Waals surface area contributed by atoms with Gasteiger partial charge in [0, 0.05) is 14.2 Å². The Labute approximate surface area is 126 Å². The molecule has 2 rings (SSSR count). The normalized spacial score (nSPS) is 12.1. The number of benzene rings is 1. The van der Waals surface area contributed by atoms with Crippen LogP contribution in [0.25, 0.3) is 0 Å². The van der Waals surface area contributed by atoms with Crippen molar-refractivity contribution in [2.45, 2.75) is 13.1 Å². The van der Waals surface area contributed by atoms with Gasteiger partial charge < -0.3 is 0 Å². The molecule has 0 radical (unpaired) electrons. The topological polar surface area (TPSA) is 24.4 Å². The average Bonchev–Trinajstić information content (AvgIpc) is 2.68. The lowest BCUT2D eigenvalue weighted by atomic mass is 10.2. The highest BCUT2D eigenvalue weighted by atomic mass is 79.9. The largest absolute Gasteiger partial charge is 0.416 e. The predicted octanol–water partition coefficient (Wildman–Crippen LogP) is 5.28. The zero-order valence-electron chi connectivity index (χ0n) is 10.3. The van der Waals surface area contributed by atoms with Gasteiger partial charge in [-0.1, -0.05) is 0 Å². The molecule has 0 fully saturated rings. The number of nitrogens with zero attached hydrogens (tertiary/aromatic N) is 1. The summed E-state index contributed by atoms with van der Waals surface area (Å²) in [5, 5.41) is 3.99. The minimum Gasteiger partial charge on any atom is -0.278 e. The molecule has 1 aromatic heterocycles. The van der Waals surface area contributed by atoms with Crippen LogP contribution in [0, 0.1) is 6.92 Å². The van der Waals surface area contributed by atoms with E-state index in [0.29, 0.717) is 5.69 Å². The Morgan fingerprint density at radius 2 is 1.90 bits per heavy atom. The fraction of sp³-hybridized carbons (Fsp3) is 0.154. The smallest absolute Gasteiger partial charge is 0.278 e. The van der Waals surface area contributed by atoms with Gasteiger partial charge in [0.15, 0.2) is 0 Å². The number of alkyl halides is 3. The van der Waals surface area contributed by atoms with E-state index in [1.54, 1.807) is 17.6 Å². The van der Waals surface area contributed by atoms with Gasteiger partial charge in [-0.3, -0.25) is 5.43 Å². The first kappa shape index (κ1) is 15.1. The first-order valence-electron chi connectivity index (χ1n) is 5.58. The Morgan fingerprint density at radius 3 is 2.40 bits per heavy atom. The Bertz CT molecular complexity index is 598. The molecule has 0 spiro atoms. The molecule has 1 heterocycles. The number of hydrazone groups is 1. The van der Waals surface area contributed by atoms with Crippen molar-refractivity contribution >= 4 is 39.2 Å². The lowest BCUT2D eigenvalue weighted by Gasteiger charge is -2.06. The highest BCUT2D eigenvalue weighted by Crippen LogP contribution is 2.29. The molecule has 0 saturated heterocycles. The molecule has 0 atom stereocenters. The quantitative estimate of drug-likeness (QED) is 0.582. The fourth-order valence-electron chi connectivity index (χ4n) is 1.45. The molecule has 2 aromatic rings. The second-order valence-electron chi connectivity index (χ2n) is 4.00. The van der Waals surface area contributed by atoms with Crippen molar-refractivity contribution in [3.05, 3.63) is 50.1 Å². The van der Waals surface area contributed by atoms with Gasteiger partial charge >= 0.3 is 6.18 Å². The Morgan fingerprint density at radius 1 is 1.25 bits per heavy atom. The summed E-state index contributed by atoms with van der Waals surface area (Å²) >= 11 is 4.97. The van der Waals surface area contributed by atoms with Gasteiger partial charge in [0.05, 0.1) is 17.5 Å². The number of halogens is 4. The summed E-state index contributed by atoms with van der Waals surface area (Å²) in [7, 11) is 0. The summed E-state index contributed by atoms with van der Waals surface area (Å²) in [6.07, 6.45) is -2.69. The highest BCUT2D eigenvalue weighted by molar-refractivity contribution is 9.10. The maximum absolute atomic E-state index is 12.4. The molecule has 0 aliphatic carbocycles. The molecule has 106 valence electrons. The molecule has 20 heavy (non-hydrogen) atoms. The van der Waals surface area contributed by atoms with Gasteiger partial charge in [-0.05, 0) is 53.2 Å². The lowest BCUT2D eigenvalue weighted by Crippen LogP contribution is -2.04. The molecular weight excluding hydrogens is 353 g/mol. The van der Waals surface area contributed by atoms with Crippen LogP contribution in [-0.4, -0.2) is 6.21 Å². The summed E-state index contributed by atoms with van der Waals surface area (Å²) in [5.41, 5.74) is 2.52. The molecule has 0 unspecified atom stereocenters. The van der Waals surface area contributed by atoms with Crippen LogP contribution in [0.4, 0.5) is 18.9 Å². The molecule has 0 aliphatic rings. The minimum atomic E-state index is -4.32. The van der Waals surface area contributed by atoms with Crippen molar-refractivity contribution in [2.75, 3.05) is 5.43 Å². The molecule has 1 aromatic carbocycles. The van der Waals surface area contributed by atoms with Crippen LogP contribution in [0.5, 0.6) is 0 Å². The van der Waals surface area contributed by atoms with Gasteiger partial charge in [0.1, 0.15) is 0 Å². The van der Waals surface area contributed by atoms with E-state index in [1.807, 2.05) is 13.0 Å². The molecule has 0 aliphatic heterocycles. The van der Waals surface area contributed by atoms with Crippen LogP contribution < -0.4 is 5.43 Å². The van der Waals surface area contributed by atoms with E-state index >= 15 is 0 Å². The van der Waals surface area contributed by atoms with Gasteiger partial charge in [-0.25, -0.2) is 0 Å². The van der Waals surface area contributed by atoms with E-state index in [4.69, 9.17) is 0 Å². The minimum absolute atomic E-state index is 0.501. The second kappa shape index (κ2) is 5.97. The number of hydrogen-bond acceptors (Lipinski definition) is 3. The van der Waals surface area contributed by atoms with Crippen molar-refractivity contribution in [2.24, 2.45) is 5.10 Å². The molecule has 2 nitrogen and oxygen atoms in total. The first-order chi connectivity index (χ1) is 9.36. The summed E-state index contributed by atoms with van der Waals surface area (Å²) < 4.78 is 38.2. The van der Waals surface area contributed by atoms with Crippen LogP contribution in [0.2, 0.25) is 0 Å². The number of thiophene rings is 1. The van der Waals surface area contributed by atoms with Crippen molar-refractivity contribution in [1.82, 2.24) is 0 Å². The van der Waals surface area contributed by atoms with Gasteiger partial charge in [0.25, 0.3) is 0 Å². The molecule has 0 bridgehead atoms. The van der Waals surface area contributed by atoms with E-state index in [9.17, 15) is 13.2 Å². The van der Waals surface area contributed by atoms with Crippen LogP contribution >= 0.6 is 27.3 Å². The predicted molar refractivity (Wildman–Crippen MR) is 79.4 cm³/mol. The van der Waals surface area contributed by atoms with Crippen LogP contribution in [-0.2, 0) is 6.18 Å². The van der Waals surface area contributed by atoms with Crippen LogP contribution in [0.15, 0.2) is 39.9 Å². The Balaban J connectivity index is 2.00. The summed E-state index contributed by atoms with van der Waals surface area (Å²) in [6, 6.07) is 6.65. The number of rotatable bonds is 3. The van der Waals surface area contributed by atoms with Crippen LogP contribution in [0.1, 0.15) is 15.3 Å². The monoisotopic (exact) mass is 362 g/mol. The van der Waals surface area contributed by atoms with Crippen molar-refractivity contribution < 1.29 is 13.2 Å². The molecular formula is C13H10BrF3N2S. The summed E-state index contributed by atoms with van der Waals surface area (Å²) in [6.45, 7) is 1.98. The number of hydrogen-bond donors (Lipinski definition) is 1. The summed E-state index contributed by atoms with van der Waals surface area (Å²) in [4.78, 5) is 2.09. The van der Waals surface area contributed by atoms with Gasteiger partial charge in [-0.15, -0.1) is 11.3 Å². The average molecular weight is 363 g/mol. The maximum Gasteiger partial charge on any atom is 0.416 e. The summed E-state index contributed by atoms with van der Waals surface area (Å²) in [5.74, 6) is 0. The maximum atomic E-state index is 12.4. The highest BCUT2D eigenvalue weighted by Gasteiger charge is 2.29. The van der Waals surface area contributed by atoms with E-state index in [0.717, 1.165) is 26.4 Å². The molecule has 1 N–H and O–H groups in total. The van der Waals surface area contributed by atoms with Gasteiger partial charge in [0.2, 0.25) is 0 Å². The molecule has 0 amide bonds.